The number of nitrogens with one attached hydrogen (secondary N) is 2. The molecule has 0 heterocycles. The second kappa shape index (κ2) is 13.6. The number of rotatable bonds is 11. The quantitative estimate of drug-likeness (QED) is 0.287. The average molecular weight is 454 g/mol. The van der Waals surface area contributed by atoms with Crippen LogP contribution >= 0.6 is 0 Å². The predicted octanol–water partition coefficient (Wildman–Crippen LogP) is -0.716. The maximum absolute atomic E-state index is 12.6. The van der Waals surface area contributed by atoms with E-state index >= 15 is 0 Å². The predicted molar refractivity (Wildman–Crippen MR) is 107 cm³/mol. The molecule has 12 nitrogen and oxygen atoms in total. The highest BCUT2D eigenvalue weighted by Crippen LogP contribution is 2.15. The molecule has 1 aromatic carbocycles. The number of esters is 3. The Kier molecular flexibility index (Phi) is 11.2. The number of alkyl carbamates (subject to hydrolysis) is 1. The van der Waals surface area contributed by atoms with E-state index in [-0.39, 0.29) is 6.61 Å². The number of methoxy groups -OCH3 is 3. The van der Waals surface area contributed by atoms with Crippen LogP contribution in [0, 0.1) is 5.92 Å². The number of ether oxygens (including phenoxy) is 4. The van der Waals surface area contributed by atoms with Crippen molar-refractivity contribution in [3.8, 4) is 0 Å². The normalized spacial score (nSPS) is 13.0. The number of hydrogen-bond acceptors (Lipinski definition) is 10. The van der Waals surface area contributed by atoms with Crippen LogP contribution in [0.3, 0.4) is 0 Å². The Morgan fingerprint density at radius 1 is 0.906 bits per heavy atom. The first-order chi connectivity index (χ1) is 15.3. The van der Waals surface area contributed by atoms with Crippen LogP contribution in [0.25, 0.3) is 0 Å². The molecule has 1 aromatic rings. The van der Waals surface area contributed by atoms with Crippen molar-refractivity contribution in [1.29, 1.82) is 0 Å². The largest absolute Gasteiger partial charge is 0.469 e. The van der Waals surface area contributed by atoms with Crippen molar-refractivity contribution in [2.24, 2.45) is 5.92 Å². The molecule has 0 unspecified atom stereocenters. The highest BCUT2D eigenvalue weighted by Gasteiger charge is 2.39. The lowest BCUT2D eigenvalue weighted by atomic mass is 9.95. The van der Waals surface area contributed by atoms with Crippen LogP contribution in [-0.2, 0) is 44.7 Å². The molecule has 0 saturated carbocycles. The van der Waals surface area contributed by atoms with Crippen molar-refractivity contribution in [2.75, 3.05) is 27.9 Å². The third kappa shape index (κ3) is 8.22. The second-order valence-corrected chi connectivity index (χ2v) is 6.36. The Morgan fingerprint density at radius 3 is 2.06 bits per heavy atom. The van der Waals surface area contributed by atoms with Crippen LogP contribution < -0.4 is 10.6 Å². The van der Waals surface area contributed by atoms with Gasteiger partial charge in [-0.25, -0.2) is 9.59 Å². The van der Waals surface area contributed by atoms with Gasteiger partial charge in [-0.2, -0.15) is 0 Å². The van der Waals surface area contributed by atoms with Crippen LogP contribution in [0.15, 0.2) is 30.3 Å². The van der Waals surface area contributed by atoms with Crippen molar-refractivity contribution in [3.63, 3.8) is 0 Å². The van der Waals surface area contributed by atoms with Crippen LogP contribution in [-0.4, -0.2) is 75.0 Å². The summed E-state index contributed by atoms with van der Waals surface area (Å²) in [6, 6.07) is 5.54. The van der Waals surface area contributed by atoms with Gasteiger partial charge >= 0.3 is 24.0 Å². The minimum Gasteiger partial charge on any atom is -0.469 e. The highest BCUT2D eigenvalue weighted by molar-refractivity contribution is 5.93. The summed E-state index contributed by atoms with van der Waals surface area (Å²) >= 11 is 0. The highest BCUT2D eigenvalue weighted by atomic mass is 16.6. The van der Waals surface area contributed by atoms with Gasteiger partial charge in [-0.05, 0) is 5.56 Å². The third-order valence-electron chi connectivity index (χ3n) is 4.28. The van der Waals surface area contributed by atoms with E-state index in [1.807, 2.05) is 0 Å². The van der Waals surface area contributed by atoms with Crippen molar-refractivity contribution < 1.29 is 48.0 Å². The molecule has 32 heavy (non-hydrogen) atoms. The summed E-state index contributed by atoms with van der Waals surface area (Å²) in [6.07, 6.45) is -1.60. The molecular formula is C20H26N2O10. The molecule has 0 fully saturated rings. The fourth-order valence-electron chi connectivity index (χ4n) is 2.56. The van der Waals surface area contributed by atoms with Gasteiger partial charge in [-0.3, -0.25) is 14.4 Å². The summed E-state index contributed by atoms with van der Waals surface area (Å²) in [5.41, 5.74) is 0.696. The lowest BCUT2D eigenvalue weighted by Gasteiger charge is -2.25. The van der Waals surface area contributed by atoms with Gasteiger partial charge in [0.2, 0.25) is 5.91 Å². The van der Waals surface area contributed by atoms with Gasteiger partial charge in [0.05, 0.1) is 40.3 Å². The number of benzene rings is 1. The van der Waals surface area contributed by atoms with E-state index in [1.165, 1.54) is 0 Å². The number of amides is 2. The first-order valence-corrected chi connectivity index (χ1v) is 9.38. The molecule has 0 spiro atoms. The zero-order valence-corrected chi connectivity index (χ0v) is 17.9. The van der Waals surface area contributed by atoms with E-state index < -0.39 is 60.9 Å². The van der Waals surface area contributed by atoms with Gasteiger partial charge in [0.15, 0.2) is 0 Å². The van der Waals surface area contributed by atoms with Crippen molar-refractivity contribution >= 4 is 29.9 Å². The van der Waals surface area contributed by atoms with E-state index in [0.29, 0.717) is 5.56 Å². The van der Waals surface area contributed by atoms with Gasteiger partial charge in [0.25, 0.3) is 0 Å². The van der Waals surface area contributed by atoms with Crippen molar-refractivity contribution in [3.05, 3.63) is 35.9 Å². The Balaban J connectivity index is 2.88. The minimum atomic E-state index is -1.66. The molecule has 0 aliphatic heterocycles. The van der Waals surface area contributed by atoms with Gasteiger partial charge in [-0.1, -0.05) is 30.3 Å². The maximum Gasteiger partial charge on any atom is 0.408 e. The van der Waals surface area contributed by atoms with E-state index in [4.69, 9.17) is 4.74 Å². The fraction of sp³-hybridized carbons (Fsp3) is 0.450. The first-order valence-electron chi connectivity index (χ1n) is 9.38. The minimum absolute atomic E-state index is 0.0826. The number of hydrogen-bond donors (Lipinski definition) is 3. The Hall–Kier alpha value is -3.67. The molecule has 0 aliphatic carbocycles. The molecule has 3 atom stereocenters. The molecule has 12 heteroatoms. The van der Waals surface area contributed by atoms with E-state index in [9.17, 15) is 29.1 Å². The van der Waals surface area contributed by atoms with E-state index in [2.05, 4.69) is 24.8 Å². The number of aliphatic hydroxyl groups excluding tert-OH is 1. The van der Waals surface area contributed by atoms with Crippen molar-refractivity contribution in [2.45, 2.75) is 25.1 Å². The average Bonchev–Trinajstić information content (AvgIpc) is 2.82. The summed E-state index contributed by atoms with van der Waals surface area (Å²) in [5.74, 6) is -5.39. The molecule has 0 bridgehead atoms. The van der Waals surface area contributed by atoms with E-state index in [0.717, 1.165) is 21.3 Å². The molecule has 0 aliphatic rings. The molecule has 2 amide bonds. The zero-order chi connectivity index (χ0) is 24.1. The van der Waals surface area contributed by atoms with Crippen LogP contribution in [0.1, 0.15) is 12.0 Å². The smallest absolute Gasteiger partial charge is 0.408 e. The fourth-order valence-corrected chi connectivity index (χ4v) is 2.56. The molecule has 1 rings (SSSR count). The summed E-state index contributed by atoms with van der Waals surface area (Å²) in [6.45, 7) is -0.930. The number of aliphatic hydroxyl groups is 1. The van der Waals surface area contributed by atoms with Gasteiger partial charge in [-0.15, -0.1) is 0 Å². The lowest BCUT2D eigenvalue weighted by Crippen LogP contribution is -2.56. The molecule has 0 saturated heterocycles. The molecule has 3 N–H and O–H groups in total. The zero-order valence-electron chi connectivity index (χ0n) is 17.9. The van der Waals surface area contributed by atoms with Crippen LogP contribution in [0.2, 0.25) is 0 Å². The summed E-state index contributed by atoms with van der Waals surface area (Å²) < 4.78 is 18.7. The number of carbonyl (C=O) groups is 5. The van der Waals surface area contributed by atoms with E-state index in [1.54, 1.807) is 30.3 Å². The van der Waals surface area contributed by atoms with Crippen LogP contribution in [0.5, 0.6) is 0 Å². The Bertz CT molecular complexity index is 799. The Morgan fingerprint density at radius 2 is 1.53 bits per heavy atom. The lowest BCUT2D eigenvalue weighted by molar-refractivity contribution is -0.159. The van der Waals surface area contributed by atoms with Gasteiger partial charge in [0, 0.05) is 0 Å². The monoisotopic (exact) mass is 454 g/mol. The number of carbonyl (C=O) groups excluding carboxylic acids is 5. The Labute approximate surface area is 184 Å². The molecular weight excluding hydrogens is 428 g/mol. The maximum atomic E-state index is 12.6. The summed E-state index contributed by atoms with van der Waals surface area (Å²) in [5, 5.41) is 13.8. The van der Waals surface area contributed by atoms with Crippen molar-refractivity contribution in [1.82, 2.24) is 10.6 Å². The third-order valence-corrected chi connectivity index (χ3v) is 4.28. The molecule has 0 aromatic heterocycles. The standard InChI is InChI=1S/C20H26N2O10/c1-29-15(24)9-13(18(26)30-2)16(19(27)31-3)22-17(25)14(10-23)21-20(28)32-11-12-7-5-4-6-8-12/h4-8,13-14,16,23H,9-11H2,1-3H3,(H,21,28)(H,22,25)/t13-,14+,16+/m1/s1. The first kappa shape index (κ1) is 26.4. The van der Waals surface area contributed by atoms with Gasteiger partial charge < -0.3 is 34.7 Å². The summed E-state index contributed by atoms with van der Waals surface area (Å²) in [4.78, 5) is 60.5. The second-order valence-electron chi connectivity index (χ2n) is 6.36. The SMILES string of the molecule is COC(=O)C[C@@H](C(=O)OC)[C@H](NC(=O)[C@H](CO)NC(=O)OCc1ccccc1)C(=O)OC. The van der Waals surface area contributed by atoms with Crippen LogP contribution in [0.4, 0.5) is 4.79 Å². The topological polar surface area (TPSA) is 167 Å². The van der Waals surface area contributed by atoms with Gasteiger partial charge in [0.1, 0.15) is 18.7 Å². The molecule has 0 radical (unpaired) electrons. The molecule has 176 valence electrons. The summed E-state index contributed by atoms with van der Waals surface area (Å²) in [7, 11) is 3.12.